The van der Waals surface area contributed by atoms with Crippen LogP contribution in [0.2, 0.25) is 0 Å². The first kappa shape index (κ1) is 25.0. The summed E-state index contributed by atoms with van der Waals surface area (Å²) >= 11 is 0. The molecule has 33 heavy (non-hydrogen) atoms. The van der Waals surface area contributed by atoms with Crippen molar-refractivity contribution in [3.05, 3.63) is 53.6 Å². The molecule has 1 N–H and O–H groups in total. The van der Waals surface area contributed by atoms with E-state index >= 15 is 0 Å². The number of aryl methyl sites for hydroxylation is 2. The number of amides is 1. The molecular formula is C24H32N2O6S. The van der Waals surface area contributed by atoms with E-state index in [2.05, 4.69) is 5.32 Å². The summed E-state index contributed by atoms with van der Waals surface area (Å²) in [4.78, 5) is 12.7. The summed E-state index contributed by atoms with van der Waals surface area (Å²) in [7, 11) is -3.53. The van der Waals surface area contributed by atoms with E-state index in [1.54, 1.807) is 12.1 Å². The molecule has 180 valence electrons. The van der Waals surface area contributed by atoms with Gasteiger partial charge in [-0.15, -0.1) is 0 Å². The van der Waals surface area contributed by atoms with Crippen molar-refractivity contribution in [3.63, 3.8) is 0 Å². The van der Waals surface area contributed by atoms with E-state index in [1.807, 2.05) is 39.0 Å². The maximum atomic E-state index is 12.7. The highest BCUT2D eigenvalue weighted by Gasteiger charge is 2.26. The van der Waals surface area contributed by atoms with E-state index in [-0.39, 0.29) is 17.4 Å². The van der Waals surface area contributed by atoms with Crippen LogP contribution in [0, 0.1) is 13.8 Å². The van der Waals surface area contributed by atoms with Crippen molar-refractivity contribution in [1.82, 2.24) is 9.62 Å². The first-order valence-electron chi connectivity index (χ1n) is 11.1. The minimum Gasteiger partial charge on any atom is -0.492 e. The molecule has 1 amide bonds. The Morgan fingerprint density at radius 1 is 1.06 bits per heavy atom. The summed E-state index contributed by atoms with van der Waals surface area (Å²) in [5, 5.41) is 2.83. The fourth-order valence-electron chi connectivity index (χ4n) is 3.37. The fourth-order valence-corrected chi connectivity index (χ4v) is 4.78. The number of nitrogens with one attached hydrogen (secondary N) is 1. The van der Waals surface area contributed by atoms with Crippen molar-refractivity contribution in [3.8, 4) is 11.5 Å². The normalized spacial score (nSPS) is 15.6. The Kier molecular flexibility index (Phi) is 8.71. The van der Waals surface area contributed by atoms with E-state index in [0.29, 0.717) is 50.8 Å². The molecule has 0 bridgehead atoms. The first-order chi connectivity index (χ1) is 15.8. The Morgan fingerprint density at radius 2 is 1.73 bits per heavy atom. The highest BCUT2D eigenvalue weighted by Crippen LogP contribution is 2.21. The monoisotopic (exact) mass is 476 g/mol. The molecule has 1 heterocycles. The zero-order valence-corrected chi connectivity index (χ0v) is 20.2. The molecule has 9 heteroatoms. The second kappa shape index (κ2) is 11.5. The van der Waals surface area contributed by atoms with Crippen molar-refractivity contribution in [2.24, 2.45) is 0 Å². The predicted molar refractivity (Wildman–Crippen MR) is 125 cm³/mol. The van der Waals surface area contributed by atoms with Crippen molar-refractivity contribution in [2.45, 2.75) is 38.2 Å². The molecule has 1 aliphatic rings. The van der Waals surface area contributed by atoms with Gasteiger partial charge in [0.2, 0.25) is 10.0 Å². The molecule has 2 aromatic carbocycles. The lowest BCUT2D eigenvalue weighted by Crippen LogP contribution is -2.40. The largest absolute Gasteiger partial charge is 0.492 e. The minimum absolute atomic E-state index is 0.203. The maximum Gasteiger partial charge on any atom is 0.261 e. The zero-order valence-electron chi connectivity index (χ0n) is 19.4. The predicted octanol–water partition coefficient (Wildman–Crippen LogP) is 2.68. The van der Waals surface area contributed by atoms with E-state index in [4.69, 9.17) is 14.2 Å². The van der Waals surface area contributed by atoms with Crippen LogP contribution in [-0.4, -0.2) is 64.2 Å². The van der Waals surface area contributed by atoms with Gasteiger partial charge in [0.1, 0.15) is 18.1 Å². The van der Waals surface area contributed by atoms with Crippen molar-refractivity contribution in [2.75, 3.05) is 39.5 Å². The Hall–Kier alpha value is -2.62. The Labute approximate surface area is 195 Å². The average Bonchev–Trinajstić information content (AvgIpc) is 2.83. The number of benzene rings is 2. The molecule has 1 aliphatic heterocycles. The molecule has 1 saturated heterocycles. The third-order valence-corrected chi connectivity index (χ3v) is 7.43. The summed E-state index contributed by atoms with van der Waals surface area (Å²) in [5.74, 6) is 0.998. The quantitative estimate of drug-likeness (QED) is 0.530. The van der Waals surface area contributed by atoms with Crippen LogP contribution < -0.4 is 14.8 Å². The molecular weight excluding hydrogens is 444 g/mol. The number of carbonyl (C=O) groups excluding carboxylic acids is 1. The average molecular weight is 477 g/mol. The third-order valence-electron chi connectivity index (χ3n) is 5.52. The van der Waals surface area contributed by atoms with Crippen LogP contribution in [-0.2, 0) is 19.6 Å². The molecule has 8 nitrogen and oxygen atoms in total. The van der Waals surface area contributed by atoms with Crippen molar-refractivity contribution in [1.29, 1.82) is 0 Å². The molecule has 2 aromatic rings. The Morgan fingerprint density at radius 3 is 2.36 bits per heavy atom. The summed E-state index contributed by atoms with van der Waals surface area (Å²) in [6, 6.07) is 12.1. The van der Waals surface area contributed by atoms with Crippen LogP contribution in [0.5, 0.6) is 11.5 Å². The number of ether oxygens (including phenoxy) is 3. The number of hydrogen-bond acceptors (Lipinski definition) is 6. The summed E-state index contributed by atoms with van der Waals surface area (Å²) in [5.41, 5.74) is 2.28. The molecule has 0 unspecified atom stereocenters. The van der Waals surface area contributed by atoms with E-state index in [0.717, 1.165) is 5.56 Å². The van der Waals surface area contributed by atoms with E-state index < -0.39 is 16.1 Å². The van der Waals surface area contributed by atoms with Gasteiger partial charge < -0.3 is 19.5 Å². The maximum absolute atomic E-state index is 12.7. The molecule has 0 aromatic heterocycles. The van der Waals surface area contributed by atoms with Gasteiger partial charge in [0, 0.05) is 13.1 Å². The van der Waals surface area contributed by atoms with Crippen LogP contribution >= 0.6 is 0 Å². The number of carbonyl (C=O) groups is 1. The molecule has 3 rings (SSSR count). The van der Waals surface area contributed by atoms with Crippen LogP contribution in [0.15, 0.2) is 47.4 Å². The Balaban J connectivity index is 1.45. The second-order valence-electron chi connectivity index (χ2n) is 7.89. The van der Waals surface area contributed by atoms with Gasteiger partial charge in [0.25, 0.3) is 5.91 Å². The summed E-state index contributed by atoms with van der Waals surface area (Å²) in [6.07, 6.45) is -0.0459. The van der Waals surface area contributed by atoms with Gasteiger partial charge in [-0.1, -0.05) is 13.0 Å². The van der Waals surface area contributed by atoms with Gasteiger partial charge in [0.05, 0.1) is 24.7 Å². The standard InChI is InChI=1S/C24H32N2O6S/c1-4-23(32-21-6-5-18(2)19(3)17-21)24(27)25-11-14-31-20-7-9-22(10-8-20)33(28,29)26-12-15-30-16-13-26/h5-10,17,23H,4,11-16H2,1-3H3,(H,25,27)/t23-/m1/s1. The highest BCUT2D eigenvalue weighted by atomic mass is 32.2. The second-order valence-corrected chi connectivity index (χ2v) is 9.83. The van der Waals surface area contributed by atoms with E-state index in [9.17, 15) is 13.2 Å². The lowest BCUT2D eigenvalue weighted by molar-refractivity contribution is -0.128. The molecule has 0 spiro atoms. The number of morpholine rings is 1. The SMILES string of the molecule is CC[C@@H](Oc1ccc(C)c(C)c1)C(=O)NCCOc1ccc(S(=O)(=O)N2CCOCC2)cc1. The van der Waals surface area contributed by atoms with Gasteiger partial charge in [0.15, 0.2) is 6.10 Å². The van der Waals surface area contributed by atoms with Crippen LogP contribution in [0.25, 0.3) is 0 Å². The zero-order chi connectivity index (χ0) is 23.8. The number of hydrogen-bond donors (Lipinski definition) is 1. The van der Waals surface area contributed by atoms with Gasteiger partial charge in [-0.25, -0.2) is 8.42 Å². The van der Waals surface area contributed by atoms with E-state index in [1.165, 1.54) is 22.0 Å². The van der Waals surface area contributed by atoms with Crippen molar-refractivity contribution < 1.29 is 27.4 Å². The summed E-state index contributed by atoms with van der Waals surface area (Å²) in [6.45, 7) is 8.00. The van der Waals surface area contributed by atoms with Gasteiger partial charge in [-0.3, -0.25) is 4.79 Å². The van der Waals surface area contributed by atoms with Gasteiger partial charge in [-0.2, -0.15) is 4.31 Å². The molecule has 1 atom stereocenters. The van der Waals surface area contributed by atoms with Crippen LogP contribution in [0.4, 0.5) is 0 Å². The van der Waals surface area contributed by atoms with Crippen molar-refractivity contribution >= 4 is 15.9 Å². The van der Waals surface area contributed by atoms with Gasteiger partial charge in [-0.05, 0) is 67.8 Å². The first-order valence-corrected chi connectivity index (χ1v) is 12.6. The lowest BCUT2D eigenvalue weighted by Gasteiger charge is -2.26. The van der Waals surface area contributed by atoms with Crippen LogP contribution in [0.1, 0.15) is 24.5 Å². The minimum atomic E-state index is -3.53. The number of rotatable bonds is 10. The lowest BCUT2D eigenvalue weighted by atomic mass is 10.1. The number of sulfonamides is 1. The Bertz CT molecular complexity index is 1030. The molecule has 0 saturated carbocycles. The smallest absolute Gasteiger partial charge is 0.261 e. The summed E-state index contributed by atoms with van der Waals surface area (Å²) < 4.78 is 43.5. The highest BCUT2D eigenvalue weighted by molar-refractivity contribution is 7.89. The fraction of sp³-hybridized carbons (Fsp3) is 0.458. The molecule has 1 fully saturated rings. The third kappa shape index (κ3) is 6.69. The number of nitrogens with zero attached hydrogens (tertiary/aromatic N) is 1. The van der Waals surface area contributed by atoms with Gasteiger partial charge >= 0.3 is 0 Å². The topological polar surface area (TPSA) is 94.2 Å². The van der Waals surface area contributed by atoms with Crippen LogP contribution in [0.3, 0.4) is 0 Å². The molecule has 0 radical (unpaired) electrons. The molecule has 0 aliphatic carbocycles.